The van der Waals surface area contributed by atoms with Gasteiger partial charge in [-0.3, -0.25) is 14.6 Å². The lowest BCUT2D eigenvalue weighted by atomic mass is 10.1. The van der Waals surface area contributed by atoms with Gasteiger partial charge in [-0.25, -0.2) is 9.97 Å². The number of aldehydes is 1. The van der Waals surface area contributed by atoms with Crippen LogP contribution in [0.25, 0.3) is 5.69 Å². The monoisotopic (exact) mass is 546 g/mol. The number of hydrogen-bond donors (Lipinski definition) is 2. The average Bonchev–Trinajstić information content (AvgIpc) is 3.44. The number of anilines is 4. The Kier molecular flexibility index (Phi) is 7.10. The summed E-state index contributed by atoms with van der Waals surface area (Å²) in [5.74, 6) is 0.285. The van der Waals surface area contributed by atoms with Crippen molar-refractivity contribution in [3.63, 3.8) is 0 Å². The molecule has 0 atom stereocenters. The van der Waals surface area contributed by atoms with Crippen LogP contribution in [0, 0.1) is 6.92 Å². The minimum atomic E-state index is -4.67. The van der Waals surface area contributed by atoms with Crippen molar-refractivity contribution in [3.8, 4) is 5.69 Å². The van der Waals surface area contributed by atoms with E-state index in [0.717, 1.165) is 17.7 Å². The Bertz CT molecular complexity index is 1640. The Labute approximate surface area is 225 Å². The fraction of sp³-hybridized carbons (Fsp3) is 0.111. The maximum Gasteiger partial charge on any atom is 0.416 e. The van der Waals surface area contributed by atoms with Crippen molar-refractivity contribution in [2.24, 2.45) is 4.99 Å². The van der Waals surface area contributed by atoms with Crippen LogP contribution >= 0.6 is 0 Å². The number of amides is 1. The molecule has 1 aliphatic rings. The summed E-state index contributed by atoms with van der Waals surface area (Å²) >= 11 is 0. The molecule has 5 rings (SSSR count). The van der Waals surface area contributed by atoms with Crippen molar-refractivity contribution in [1.82, 2.24) is 19.5 Å². The zero-order chi connectivity index (χ0) is 28.3. The summed E-state index contributed by atoms with van der Waals surface area (Å²) in [5, 5.41) is 5.63. The van der Waals surface area contributed by atoms with Crippen LogP contribution in [0.2, 0.25) is 0 Å². The van der Waals surface area contributed by atoms with Crippen LogP contribution in [0.5, 0.6) is 0 Å². The second-order valence-electron chi connectivity index (χ2n) is 8.72. The second kappa shape index (κ2) is 10.8. The molecule has 0 aliphatic carbocycles. The van der Waals surface area contributed by atoms with E-state index >= 15 is 0 Å². The summed E-state index contributed by atoms with van der Waals surface area (Å²) in [7, 11) is 0. The number of hydrogen-bond acceptors (Lipinski definition) is 8. The molecule has 1 aliphatic heterocycles. The largest absolute Gasteiger partial charge is 0.416 e. The number of benzene rings is 2. The topological polar surface area (TPSA) is 117 Å². The van der Waals surface area contributed by atoms with E-state index in [9.17, 15) is 22.8 Å². The molecule has 1 amide bonds. The quantitative estimate of drug-likeness (QED) is 0.308. The molecule has 4 aromatic rings. The van der Waals surface area contributed by atoms with E-state index in [1.165, 1.54) is 23.2 Å². The SMILES string of the molecule is Cc1ccc(C(=O)Nc2cc(-n3cnc(C=O)c3)cc(C(F)(F)F)c2)cc1Nc1nccc(N2C=CC=NC2)n1. The first-order valence-corrected chi connectivity index (χ1v) is 11.9. The maximum absolute atomic E-state index is 13.6. The first-order chi connectivity index (χ1) is 19.2. The van der Waals surface area contributed by atoms with Crippen LogP contribution < -0.4 is 15.5 Å². The van der Waals surface area contributed by atoms with Gasteiger partial charge in [-0.1, -0.05) is 6.07 Å². The highest BCUT2D eigenvalue weighted by molar-refractivity contribution is 6.05. The molecule has 202 valence electrons. The number of nitrogens with zero attached hydrogens (tertiary/aromatic N) is 6. The highest BCUT2D eigenvalue weighted by atomic mass is 19.4. The highest BCUT2D eigenvalue weighted by Crippen LogP contribution is 2.33. The van der Waals surface area contributed by atoms with Crippen LogP contribution in [0.1, 0.15) is 32.0 Å². The Balaban J connectivity index is 1.39. The molecule has 40 heavy (non-hydrogen) atoms. The third-order valence-corrected chi connectivity index (χ3v) is 5.90. The Morgan fingerprint density at radius 2 is 1.95 bits per heavy atom. The lowest BCUT2D eigenvalue weighted by Crippen LogP contribution is -2.20. The van der Waals surface area contributed by atoms with Gasteiger partial charge < -0.3 is 20.1 Å². The number of imidazole rings is 1. The molecule has 0 radical (unpaired) electrons. The van der Waals surface area contributed by atoms with Gasteiger partial charge in [0.05, 0.1) is 5.56 Å². The number of halogens is 3. The number of allylic oxidation sites excluding steroid dienone is 1. The zero-order valence-corrected chi connectivity index (χ0v) is 20.9. The Morgan fingerprint density at radius 1 is 1.10 bits per heavy atom. The van der Waals surface area contributed by atoms with E-state index in [2.05, 4.69) is 30.6 Å². The molecule has 10 nitrogen and oxygen atoms in total. The predicted octanol–water partition coefficient (Wildman–Crippen LogP) is 5.16. The standard InChI is InChI=1S/C27H21F3N8O2/c1-17-3-4-18(9-23(17)35-26-32-7-5-24(36-26)37-8-2-6-31-15-37)25(40)34-20-10-19(27(28,29)30)11-22(12-20)38-13-21(14-39)33-16-38/h2-14,16H,15H2,1H3,(H,34,40)(H,32,35,36). The van der Waals surface area contributed by atoms with Crippen molar-refractivity contribution in [2.75, 3.05) is 22.2 Å². The summed E-state index contributed by atoms with van der Waals surface area (Å²) < 4.78 is 42.1. The molecule has 0 bridgehead atoms. The van der Waals surface area contributed by atoms with Gasteiger partial charge in [0.25, 0.3) is 5.91 Å². The van der Waals surface area contributed by atoms with Crippen molar-refractivity contribution in [2.45, 2.75) is 13.1 Å². The van der Waals surface area contributed by atoms with Gasteiger partial charge in [0.2, 0.25) is 5.95 Å². The molecule has 0 unspecified atom stereocenters. The van der Waals surface area contributed by atoms with E-state index in [-0.39, 0.29) is 22.6 Å². The van der Waals surface area contributed by atoms with Crippen molar-refractivity contribution in [1.29, 1.82) is 0 Å². The molecule has 3 heterocycles. The lowest BCUT2D eigenvalue weighted by molar-refractivity contribution is -0.137. The number of aromatic nitrogens is 4. The number of nitrogens with one attached hydrogen (secondary N) is 2. The summed E-state index contributed by atoms with van der Waals surface area (Å²) in [6, 6.07) is 9.66. The third kappa shape index (κ3) is 5.88. The minimum Gasteiger partial charge on any atom is -0.324 e. The second-order valence-corrected chi connectivity index (χ2v) is 8.72. The summed E-state index contributed by atoms with van der Waals surface area (Å²) in [6.07, 6.45) is 5.22. The van der Waals surface area contributed by atoms with Crippen LogP contribution in [0.15, 0.2) is 78.5 Å². The van der Waals surface area contributed by atoms with Crippen LogP contribution in [0.3, 0.4) is 0 Å². The Hall–Kier alpha value is -5.33. The number of carbonyl (C=O) groups is 2. The van der Waals surface area contributed by atoms with Gasteiger partial charge in [-0.2, -0.15) is 18.2 Å². The summed E-state index contributed by atoms with van der Waals surface area (Å²) in [5.41, 5.74) is 0.601. The molecular formula is C27H21F3N8O2. The lowest BCUT2D eigenvalue weighted by Gasteiger charge is -2.19. The van der Waals surface area contributed by atoms with E-state index in [4.69, 9.17) is 0 Å². The molecule has 13 heteroatoms. The van der Waals surface area contributed by atoms with E-state index < -0.39 is 17.6 Å². The first kappa shape index (κ1) is 26.3. The van der Waals surface area contributed by atoms with Gasteiger partial charge in [-0.15, -0.1) is 0 Å². The van der Waals surface area contributed by atoms with Gasteiger partial charge in [-0.05, 0) is 55.0 Å². The van der Waals surface area contributed by atoms with Crippen LogP contribution in [0.4, 0.5) is 36.3 Å². The van der Waals surface area contributed by atoms with Crippen molar-refractivity contribution < 1.29 is 22.8 Å². The fourth-order valence-electron chi connectivity index (χ4n) is 3.86. The number of rotatable bonds is 7. The number of aliphatic imine (C=N–C) groups is 1. The van der Waals surface area contributed by atoms with Crippen molar-refractivity contribution in [3.05, 3.63) is 95.8 Å². The third-order valence-electron chi connectivity index (χ3n) is 5.90. The molecule has 2 aromatic heterocycles. The Morgan fingerprint density at radius 3 is 2.67 bits per heavy atom. The van der Waals surface area contributed by atoms with Crippen LogP contribution in [-0.4, -0.2) is 44.6 Å². The smallest absolute Gasteiger partial charge is 0.324 e. The molecule has 0 saturated carbocycles. The van der Waals surface area contributed by atoms with E-state index in [1.54, 1.807) is 42.8 Å². The fourth-order valence-corrected chi connectivity index (χ4v) is 3.86. The first-order valence-electron chi connectivity index (χ1n) is 11.9. The van der Waals surface area contributed by atoms with E-state index in [0.29, 0.717) is 30.4 Å². The zero-order valence-electron chi connectivity index (χ0n) is 20.9. The molecule has 0 saturated heterocycles. The van der Waals surface area contributed by atoms with Crippen molar-refractivity contribution >= 4 is 41.5 Å². The highest BCUT2D eigenvalue weighted by Gasteiger charge is 2.31. The van der Waals surface area contributed by atoms with Gasteiger partial charge >= 0.3 is 6.18 Å². The summed E-state index contributed by atoms with van der Waals surface area (Å²) in [6.45, 7) is 2.24. The number of carbonyl (C=O) groups excluding carboxylic acids is 2. The molecule has 0 fully saturated rings. The van der Waals surface area contributed by atoms with Crippen LogP contribution in [-0.2, 0) is 6.18 Å². The maximum atomic E-state index is 13.6. The molecule has 2 aromatic carbocycles. The van der Waals surface area contributed by atoms with Gasteiger partial charge in [0.15, 0.2) is 6.29 Å². The van der Waals surface area contributed by atoms with Gasteiger partial charge in [0.1, 0.15) is 24.5 Å². The summed E-state index contributed by atoms with van der Waals surface area (Å²) in [4.78, 5) is 42.6. The molecular weight excluding hydrogens is 525 g/mol. The molecule has 2 N–H and O–H groups in total. The average molecular weight is 547 g/mol. The molecule has 0 spiro atoms. The van der Waals surface area contributed by atoms with E-state index in [1.807, 2.05) is 18.0 Å². The normalized spacial score (nSPS) is 12.8. The predicted molar refractivity (Wildman–Crippen MR) is 143 cm³/mol. The number of aryl methyl sites for hydroxylation is 1. The minimum absolute atomic E-state index is 0.0538. The number of alkyl halides is 3. The van der Waals surface area contributed by atoms with Gasteiger partial charge in [0, 0.05) is 47.4 Å².